The molecule has 150 valence electrons. The fourth-order valence-corrected chi connectivity index (χ4v) is 2.65. The Morgan fingerprint density at radius 1 is 1.00 bits per heavy atom. The molecule has 1 aromatic carbocycles. The van der Waals surface area contributed by atoms with Gasteiger partial charge in [0, 0.05) is 50.6 Å². The van der Waals surface area contributed by atoms with Crippen LogP contribution in [-0.2, 0) is 4.74 Å². The van der Waals surface area contributed by atoms with Crippen molar-refractivity contribution in [3.05, 3.63) is 24.3 Å². The smallest absolute Gasteiger partial charge is 0.407 e. The Bertz CT molecular complexity index is 619. The van der Waals surface area contributed by atoms with E-state index in [0.717, 1.165) is 37.6 Å². The molecule has 1 heterocycles. The van der Waals surface area contributed by atoms with E-state index in [1.165, 1.54) is 0 Å². The number of anilines is 2. The molecular formula is C19H31N5O3. The van der Waals surface area contributed by atoms with Gasteiger partial charge in [-0.15, -0.1) is 0 Å². The minimum Gasteiger partial charge on any atom is -0.444 e. The van der Waals surface area contributed by atoms with Gasteiger partial charge < -0.3 is 30.5 Å². The van der Waals surface area contributed by atoms with Gasteiger partial charge in [-0.3, -0.25) is 0 Å². The summed E-state index contributed by atoms with van der Waals surface area (Å²) in [6, 6.07) is 7.52. The van der Waals surface area contributed by atoms with Gasteiger partial charge in [0.05, 0.1) is 0 Å². The number of carbonyl (C=O) groups is 2. The Morgan fingerprint density at radius 3 is 2.19 bits per heavy atom. The lowest BCUT2D eigenvalue weighted by molar-refractivity contribution is 0.0528. The largest absolute Gasteiger partial charge is 0.444 e. The summed E-state index contributed by atoms with van der Waals surface area (Å²) in [7, 11) is 2.13. The number of alkyl carbamates (subject to hydrolysis) is 1. The summed E-state index contributed by atoms with van der Waals surface area (Å²) in [5.41, 5.74) is 1.35. The molecule has 0 saturated carbocycles. The van der Waals surface area contributed by atoms with Gasteiger partial charge in [0.2, 0.25) is 0 Å². The third-order valence-corrected chi connectivity index (χ3v) is 4.07. The van der Waals surface area contributed by atoms with Gasteiger partial charge in [0.1, 0.15) is 5.60 Å². The maximum atomic E-state index is 11.9. The number of urea groups is 1. The van der Waals surface area contributed by atoms with Crippen LogP contribution >= 0.6 is 0 Å². The molecule has 8 heteroatoms. The van der Waals surface area contributed by atoms with Crippen LogP contribution in [0.15, 0.2) is 24.3 Å². The van der Waals surface area contributed by atoms with Crippen molar-refractivity contribution in [3.63, 3.8) is 0 Å². The topological polar surface area (TPSA) is 85.9 Å². The highest BCUT2D eigenvalue weighted by Crippen LogP contribution is 2.19. The molecule has 0 atom stereocenters. The van der Waals surface area contributed by atoms with E-state index in [1.54, 1.807) is 20.8 Å². The number of carbonyl (C=O) groups excluding carboxylic acids is 2. The monoisotopic (exact) mass is 377 g/mol. The Labute approximate surface area is 161 Å². The molecule has 2 rings (SSSR count). The van der Waals surface area contributed by atoms with E-state index < -0.39 is 11.7 Å². The van der Waals surface area contributed by atoms with E-state index in [4.69, 9.17) is 4.74 Å². The van der Waals surface area contributed by atoms with Gasteiger partial charge in [0.25, 0.3) is 0 Å². The lowest BCUT2D eigenvalue weighted by Crippen LogP contribution is -2.44. The van der Waals surface area contributed by atoms with Crippen LogP contribution in [0.3, 0.4) is 0 Å². The van der Waals surface area contributed by atoms with Crippen LogP contribution in [-0.4, -0.2) is 68.9 Å². The minimum absolute atomic E-state index is 0.296. The molecule has 1 saturated heterocycles. The van der Waals surface area contributed by atoms with Gasteiger partial charge in [-0.05, 0) is 52.1 Å². The zero-order valence-corrected chi connectivity index (χ0v) is 16.7. The second-order valence-corrected chi connectivity index (χ2v) is 7.65. The standard InChI is InChI=1S/C19H31N5O3/c1-19(2,3)27-18(26)21-10-9-20-17(25)22-15-5-7-16(8-6-15)24-13-11-23(4)12-14-24/h5-8H,9-14H2,1-4H3,(H,21,26)(H2,20,22,25). The summed E-state index contributed by atoms with van der Waals surface area (Å²) in [6.07, 6.45) is -0.496. The number of ether oxygens (including phenoxy) is 1. The van der Waals surface area contributed by atoms with E-state index in [1.807, 2.05) is 24.3 Å². The Balaban J connectivity index is 1.67. The predicted molar refractivity (Wildman–Crippen MR) is 107 cm³/mol. The first-order valence-corrected chi connectivity index (χ1v) is 9.28. The number of amides is 3. The average molecular weight is 377 g/mol. The molecule has 0 aromatic heterocycles. The highest BCUT2D eigenvalue weighted by atomic mass is 16.6. The lowest BCUT2D eigenvalue weighted by Gasteiger charge is -2.34. The van der Waals surface area contributed by atoms with Gasteiger partial charge in [-0.2, -0.15) is 0 Å². The molecule has 1 fully saturated rings. The average Bonchev–Trinajstić information content (AvgIpc) is 2.59. The SMILES string of the molecule is CN1CCN(c2ccc(NC(=O)NCCNC(=O)OC(C)(C)C)cc2)CC1. The van der Waals surface area contributed by atoms with Crippen molar-refractivity contribution < 1.29 is 14.3 Å². The summed E-state index contributed by atoms with van der Waals surface area (Å²) in [6.45, 7) is 10.1. The van der Waals surface area contributed by atoms with Gasteiger partial charge >= 0.3 is 12.1 Å². The zero-order chi connectivity index (χ0) is 19.9. The van der Waals surface area contributed by atoms with Crippen molar-refractivity contribution in [1.29, 1.82) is 0 Å². The van der Waals surface area contributed by atoms with Crippen molar-refractivity contribution in [2.75, 3.05) is 56.5 Å². The zero-order valence-electron chi connectivity index (χ0n) is 16.7. The molecular weight excluding hydrogens is 346 g/mol. The Hall–Kier alpha value is -2.48. The van der Waals surface area contributed by atoms with E-state index in [9.17, 15) is 9.59 Å². The molecule has 0 spiro atoms. The molecule has 0 bridgehead atoms. The number of nitrogens with zero attached hydrogens (tertiary/aromatic N) is 2. The predicted octanol–water partition coefficient (Wildman–Crippen LogP) is 2.08. The quantitative estimate of drug-likeness (QED) is 0.684. The van der Waals surface area contributed by atoms with E-state index in [0.29, 0.717) is 13.1 Å². The van der Waals surface area contributed by atoms with E-state index in [2.05, 4.69) is 32.8 Å². The van der Waals surface area contributed by atoms with Crippen molar-refractivity contribution in [2.45, 2.75) is 26.4 Å². The molecule has 0 aliphatic carbocycles. The van der Waals surface area contributed by atoms with Gasteiger partial charge in [-0.25, -0.2) is 9.59 Å². The molecule has 0 radical (unpaired) electrons. The maximum Gasteiger partial charge on any atom is 0.407 e. The number of likely N-dealkylation sites (N-methyl/N-ethyl adjacent to an activating group) is 1. The fraction of sp³-hybridized carbons (Fsp3) is 0.579. The number of hydrogen-bond donors (Lipinski definition) is 3. The normalized spacial score (nSPS) is 15.2. The Morgan fingerprint density at radius 2 is 1.59 bits per heavy atom. The van der Waals surface area contributed by atoms with Crippen molar-refractivity contribution in [2.24, 2.45) is 0 Å². The van der Waals surface area contributed by atoms with Crippen LogP contribution in [0.4, 0.5) is 21.0 Å². The highest BCUT2D eigenvalue weighted by molar-refractivity contribution is 5.89. The van der Waals surface area contributed by atoms with Crippen LogP contribution in [0.5, 0.6) is 0 Å². The highest BCUT2D eigenvalue weighted by Gasteiger charge is 2.16. The molecule has 1 aliphatic rings. The van der Waals surface area contributed by atoms with Crippen molar-refractivity contribution in [3.8, 4) is 0 Å². The van der Waals surface area contributed by atoms with E-state index in [-0.39, 0.29) is 6.03 Å². The van der Waals surface area contributed by atoms with Crippen molar-refractivity contribution >= 4 is 23.5 Å². The summed E-state index contributed by atoms with van der Waals surface area (Å²) in [4.78, 5) is 28.1. The number of rotatable bonds is 5. The van der Waals surface area contributed by atoms with Crippen LogP contribution in [0.25, 0.3) is 0 Å². The lowest BCUT2D eigenvalue weighted by atomic mass is 10.2. The number of nitrogens with one attached hydrogen (secondary N) is 3. The van der Waals surface area contributed by atoms with Crippen LogP contribution < -0.4 is 20.9 Å². The number of piperazine rings is 1. The number of hydrogen-bond acceptors (Lipinski definition) is 5. The molecule has 1 aliphatic heterocycles. The number of benzene rings is 1. The molecule has 0 unspecified atom stereocenters. The summed E-state index contributed by atoms with van der Waals surface area (Å²) < 4.78 is 5.12. The second kappa shape index (κ2) is 9.45. The van der Waals surface area contributed by atoms with Crippen LogP contribution in [0, 0.1) is 0 Å². The van der Waals surface area contributed by atoms with Crippen LogP contribution in [0.2, 0.25) is 0 Å². The third kappa shape index (κ3) is 7.74. The summed E-state index contributed by atoms with van der Waals surface area (Å²) in [5.74, 6) is 0. The molecule has 8 nitrogen and oxygen atoms in total. The van der Waals surface area contributed by atoms with E-state index >= 15 is 0 Å². The Kier molecular flexibility index (Phi) is 7.29. The molecule has 3 amide bonds. The first kappa shape index (κ1) is 20.8. The van der Waals surface area contributed by atoms with Gasteiger partial charge in [0.15, 0.2) is 0 Å². The molecule has 27 heavy (non-hydrogen) atoms. The first-order chi connectivity index (χ1) is 12.7. The fourth-order valence-electron chi connectivity index (χ4n) is 2.65. The minimum atomic E-state index is -0.537. The summed E-state index contributed by atoms with van der Waals surface area (Å²) >= 11 is 0. The molecule has 3 N–H and O–H groups in total. The second-order valence-electron chi connectivity index (χ2n) is 7.65. The van der Waals surface area contributed by atoms with Crippen molar-refractivity contribution in [1.82, 2.24) is 15.5 Å². The van der Waals surface area contributed by atoms with Gasteiger partial charge in [-0.1, -0.05) is 0 Å². The molecule has 1 aromatic rings. The van der Waals surface area contributed by atoms with Crippen LogP contribution in [0.1, 0.15) is 20.8 Å². The third-order valence-electron chi connectivity index (χ3n) is 4.07. The first-order valence-electron chi connectivity index (χ1n) is 9.28. The maximum absolute atomic E-state index is 11.9. The summed E-state index contributed by atoms with van der Waals surface area (Å²) in [5, 5.41) is 8.07.